The number of Topliss-reactive ketones (excluding diaryl/α,β-unsaturated/α-hetero) is 1. The number of oxime groups is 1. The standard InChI is InChI=1S/C27H42N4O4/c1-27(2,3)26(33)35-22-13-17(12-16-8-10-18(11-9-16)31-34-7)25(32)24(22)23-20(29-5)14-19(28-4)15-21(23)30-6/h14-17,22,24,28-30H,8-13H2,1-7H3. The molecule has 8 nitrogen and oxygen atoms in total. The quantitative estimate of drug-likeness (QED) is 0.350. The molecule has 0 radical (unpaired) electrons. The SMILES string of the molecule is CNc1cc(NC)c(C2C(=O)C(CC3CCC(=NOC)CC3)CC2OC(=O)C(C)(C)C)c(NC)c1. The molecule has 2 aliphatic carbocycles. The Morgan fingerprint density at radius 2 is 1.66 bits per heavy atom. The smallest absolute Gasteiger partial charge is 0.311 e. The third-order valence-corrected chi connectivity index (χ3v) is 7.31. The number of hydrogen-bond acceptors (Lipinski definition) is 8. The van der Waals surface area contributed by atoms with Crippen LogP contribution in [0.2, 0.25) is 0 Å². The summed E-state index contributed by atoms with van der Waals surface area (Å²) in [5, 5.41) is 13.8. The summed E-state index contributed by atoms with van der Waals surface area (Å²) in [6.45, 7) is 5.54. The maximum atomic E-state index is 14.0. The van der Waals surface area contributed by atoms with Gasteiger partial charge >= 0.3 is 5.97 Å². The van der Waals surface area contributed by atoms with Crippen LogP contribution < -0.4 is 16.0 Å². The van der Waals surface area contributed by atoms with Crippen molar-refractivity contribution in [2.24, 2.45) is 22.4 Å². The number of ether oxygens (including phenoxy) is 1. The Morgan fingerprint density at radius 3 is 2.14 bits per heavy atom. The molecule has 2 aliphatic rings. The van der Waals surface area contributed by atoms with Gasteiger partial charge in [-0.2, -0.15) is 0 Å². The van der Waals surface area contributed by atoms with E-state index in [1.807, 2.05) is 54.0 Å². The molecule has 3 atom stereocenters. The first kappa shape index (κ1) is 26.8. The molecule has 2 saturated carbocycles. The van der Waals surface area contributed by atoms with Crippen LogP contribution in [0.5, 0.6) is 0 Å². The van der Waals surface area contributed by atoms with Crippen molar-refractivity contribution in [1.82, 2.24) is 0 Å². The number of carbonyl (C=O) groups is 2. The summed E-state index contributed by atoms with van der Waals surface area (Å²) >= 11 is 0. The number of ketones is 1. The van der Waals surface area contributed by atoms with Crippen molar-refractivity contribution in [2.75, 3.05) is 44.2 Å². The molecule has 0 heterocycles. The van der Waals surface area contributed by atoms with E-state index in [0.717, 1.165) is 60.4 Å². The molecule has 3 unspecified atom stereocenters. The van der Waals surface area contributed by atoms with E-state index in [-0.39, 0.29) is 17.7 Å². The van der Waals surface area contributed by atoms with Crippen molar-refractivity contribution in [3.63, 3.8) is 0 Å². The minimum Gasteiger partial charge on any atom is -0.461 e. The first-order valence-electron chi connectivity index (χ1n) is 12.7. The summed E-state index contributed by atoms with van der Waals surface area (Å²) < 4.78 is 6.07. The van der Waals surface area contributed by atoms with Crippen LogP contribution in [0.1, 0.15) is 70.8 Å². The van der Waals surface area contributed by atoms with Gasteiger partial charge in [0.1, 0.15) is 19.0 Å². The Morgan fingerprint density at radius 1 is 1.06 bits per heavy atom. The normalized spacial score (nSPS) is 24.7. The second-order valence-corrected chi connectivity index (χ2v) is 10.8. The highest BCUT2D eigenvalue weighted by Crippen LogP contribution is 2.47. The lowest BCUT2D eigenvalue weighted by Gasteiger charge is -2.27. The fourth-order valence-electron chi connectivity index (χ4n) is 5.36. The minimum atomic E-state index is -0.639. The highest BCUT2D eigenvalue weighted by molar-refractivity contribution is 5.95. The first-order chi connectivity index (χ1) is 16.6. The number of carbonyl (C=O) groups excluding carboxylic acids is 2. The monoisotopic (exact) mass is 486 g/mol. The Hall–Kier alpha value is -2.77. The van der Waals surface area contributed by atoms with Crippen LogP contribution in [-0.2, 0) is 19.2 Å². The number of anilines is 3. The van der Waals surface area contributed by atoms with Crippen LogP contribution in [0, 0.1) is 17.3 Å². The Bertz CT molecular complexity index is 918. The van der Waals surface area contributed by atoms with Crippen molar-refractivity contribution in [2.45, 2.75) is 71.3 Å². The second kappa shape index (κ2) is 11.3. The van der Waals surface area contributed by atoms with Crippen molar-refractivity contribution >= 4 is 34.5 Å². The molecule has 8 heteroatoms. The molecule has 1 aromatic carbocycles. The summed E-state index contributed by atoms with van der Waals surface area (Å²) in [5.74, 6) is -0.309. The summed E-state index contributed by atoms with van der Waals surface area (Å²) in [6.07, 6.45) is 4.70. The topological polar surface area (TPSA) is 101 Å². The van der Waals surface area contributed by atoms with Crippen molar-refractivity contribution in [3.8, 4) is 0 Å². The average Bonchev–Trinajstić information content (AvgIpc) is 3.12. The molecule has 0 spiro atoms. The summed E-state index contributed by atoms with van der Waals surface area (Å²) in [6, 6.07) is 3.99. The van der Waals surface area contributed by atoms with Gasteiger partial charge in [0.2, 0.25) is 0 Å². The van der Waals surface area contributed by atoms with E-state index < -0.39 is 17.4 Å². The van der Waals surface area contributed by atoms with Crippen LogP contribution in [0.15, 0.2) is 17.3 Å². The summed E-state index contributed by atoms with van der Waals surface area (Å²) in [5.41, 5.74) is 3.97. The van der Waals surface area contributed by atoms with Gasteiger partial charge in [0.15, 0.2) is 0 Å². The zero-order chi connectivity index (χ0) is 25.8. The fourth-order valence-corrected chi connectivity index (χ4v) is 5.36. The number of nitrogens with one attached hydrogen (secondary N) is 3. The van der Waals surface area contributed by atoms with Crippen molar-refractivity contribution in [1.29, 1.82) is 0 Å². The number of nitrogens with zero attached hydrogens (tertiary/aromatic N) is 1. The van der Waals surface area contributed by atoms with Gasteiger partial charge in [0.25, 0.3) is 0 Å². The van der Waals surface area contributed by atoms with Crippen molar-refractivity contribution < 1.29 is 19.2 Å². The van der Waals surface area contributed by atoms with Crippen LogP contribution in [0.25, 0.3) is 0 Å². The number of hydrogen-bond donors (Lipinski definition) is 3. The van der Waals surface area contributed by atoms with Crippen LogP contribution >= 0.6 is 0 Å². The van der Waals surface area contributed by atoms with E-state index >= 15 is 0 Å². The zero-order valence-electron chi connectivity index (χ0n) is 22.3. The molecule has 2 fully saturated rings. The lowest BCUT2D eigenvalue weighted by atomic mass is 9.80. The molecule has 3 N–H and O–H groups in total. The second-order valence-electron chi connectivity index (χ2n) is 10.8. The molecular formula is C27H42N4O4. The number of rotatable bonds is 8. The molecule has 0 aliphatic heterocycles. The Balaban J connectivity index is 1.92. The highest BCUT2D eigenvalue weighted by atomic mass is 16.6. The Labute approximate surface area is 209 Å². The highest BCUT2D eigenvalue weighted by Gasteiger charge is 2.48. The number of esters is 1. The maximum absolute atomic E-state index is 14.0. The van der Waals surface area contributed by atoms with Crippen LogP contribution in [0.4, 0.5) is 17.1 Å². The molecule has 35 heavy (non-hydrogen) atoms. The van der Waals surface area contributed by atoms with Gasteiger partial charge in [-0.3, -0.25) is 9.59 Å². The lowest BCUT2D eigenvalue weighted by molar-refractivity contribution is -0.159. The third-order valence-electron chi connectivity index (χ3n) is 7.31. The lowest BCUT2D eigenvalue weighted by Crippen LogP contribution is -2.31. The maximum Gasteiger partial charge on any atom is 0.311 e. The third kappa shape index (κ3) is 6.08. The van der Waals surface area contributed by atoms with Gasteiger partial charge in [-0.15, -0.1) is 0 Å². The van der Waals surface area contributed by atoms with Gasteiger partial charge in [-0.25, -0.2) is 0 Å². The zero-order valence-corrected chi connectivity index (χ0v) is 22.3. The van der Waals surface area contributed by atoms with Crippen LogP contribution in [0.3, 0.4) is 0 Å². The molecule has 3 rings (SSSR count). The predicted octanol–water partition coefficient (Wildman–Crippen LogP) is 5.02. The van der Waals surface area contributed by atoms with Gasteiger partial charge in [0.05, 0.1) is 17.0 Å². The van der Waals surface area contributed by atoms with E-state index in [4.69, 9.17) is 9.57 Å². The molecule has 0 saturated heterocycles. The van der Waals surface area contributed by atoms with E-state index in [1.165, 1.54) is 0 Å². The molecule has 0 aromatic heterocycles. The predicted molar refractivity (Wildman–Crippen MR) is 141 cm³/mol. The molecule has 0 bridgehead atoms. The van der Waals surface area contributed by atoms with Gasteiger partial charge in [0, 0.05) is 49.7 Å². The molecule has 0 amide bonds. The number of benzene rings is 1. The largest absolute Gasteiger partial charge is 0.461 e. The minimum absolute atomic E-state index is 0.137. The Kier molecular flexibility index (Phi) is 8.67. The molecule has 194 valence electrons. The fraction of sp³-hybridized carbons (Fsp3) is 0.667. The first-order valence-corrected chi connectivity index (χ1v) is 12.7. The van der Waals surface area contributed by atoms with E-state index in [9.17, 15) is 9.59 Å². The van der Waals surface area contributed by atoms with E-state index in [0.29, 0.717) is 12.3 Å². The average molecular weight is 487 g/mol. The molecule has 1 aromatic rings. The van der Waals surface area contributed by atoms with Gasteiger partial charge in [-0.1, -0.05) is 5.16 Å². The molecular weight excluding hydrogens is 444 g/mol. The summed E-state index contributed by atoms with van der Waals surface area (Å²) in [4.78, 5) is 31.8. The summed E-state index contributed by atoms with van der Waals surface area (Å²) in [7, 11) is 7.15. The van der Waals surface area contributed by atoms with Crippen molar-refractivity contribution in [3.05, 3.63) is 17.7 Å². The van der Waals surface area contributed by atoms with Gasteiger partial charge < -0.3 is 25.5 Å². The van der Waals surface area contributed by atoms with E-state index in [1.54, 1.807) is 7.11 Å². The van der Waals surface area contributed by atoms with Gasteiger partial charge in [-0.05, 0) is 77.3 Å². The van der Waals surface area contributed by atoms with E-state index in [2.05, 4.69) is 21.1 Å². The van der Waals surface area contributed by atoms with Crippen LogP contribution in [-0.4, -0.2) is 51.8 Å².